The molecule has 1 amide bonds. The van der Waals surface area contributed by atoms with E-state index in [1.54, 1.807) is 19.1 Å². The van der Waals surface area contributed by atoms with Gasteiger partial charge in [0.05, 0.1) is 12.2 Å². The van der Waals surface area contributed by atoms with Crippen LogP contribution in [-0.4, -0.2) is 27.4 Å². The fourth-order valence-electron chi connectivity index (χ4n) is 1.66. The van der Waals surface area contributed by atoms with E-state index in [-0.39, 0.29) is 23.0 Å². The molecule has 0 aliphatic heterocycles. The van der Waals surface area contributed by atoms with E-state index in [0.717, 1.165) is 0 Å². The summed E-state index contributed by atoms with van der Waals surface area (Å²) in [5, 5.41) is 2.64. The van der Waals surface area contributed by atoms with E-state index in [4.69, 9.17) is 5.73 Å². The number of aryl methyl sites for hydroxylation is 1. The molecular formula is C13H21N3O3S. The molecule has 6 nitrogen and oxygen atoms in total. The number of nitrogen functional groups attached to an aromatic ring is 1. The van der Waals surface area contributed by atoms with Crippen molar-refractivity contribution in [2.24, 2.45) is 5.92 Å². The van der Waals surface area contributed by atoms with E-state index in [0.29, 0.717) is 18.0 Å². The third-order valence-electron chi connectivity index (χ3n) is 2.64. The van der Waals surface area contributed by atoms with E-state index in [1.807, 2.05) is 13.8 Å². The second-order valence-corrected chi connectivity index (χ2v) is 6.72. The first-order valence-corrected chi connectivity index (χ1v) is 7.84. The van der Waals surface area contributed by atoms with Crippen molar-refractivity contribution in [3.8, 4) is 0 Å². The monoisotopic (exact) mass is 299 g/mol. The van der Waals surface area contributed by atoms with E-state index in [9.17, 15) is 13.2 Å². The molecule has 0 aliphatic carbocycles. The second kappa shape index (κ2) is 6.71. The largest absolute Gasteiger partial charge is 0.398 e. The first-order chi connectivity index (χ1) is 9.24. The van der Waals surface area contributed by atoms with Crippen molar-refractivity contribution in [2.75, 3.05) is 18.8 Å². The number of carbonyl (C=O) groups is 1. The van der Waals surface area contributed by atoms with Gasteiger partial charge in [-0.25, -0.2) is 13.1 Å². The zero-order valence-corrected chi connectivity index (χ0v) is 12.8. The molecule has 0 spiro atoms. The maximum Gasteiger partial charge on any atom is 0.243 e. The average molecular weight is 299 g/mol. The molecule has 0 fully saturated rings. The summed E-state index contributed by atoms with van der Waals surface area (Å²) in [5.74, 6) is -0.0583. The summed E-state index contributed by atoms with van der Waals surface area (Å²) < 4.78 is 26.6. The Labute approximate surface area is 119 Å². The van der Waals surface area contributed by atoms with Crippen LogP contribution >= 0.6 is 0 Å². The van der Waals surface area contributed by atoms with Crippen molar-refractivity contribution in [1.29, 1.82) is 0 Å². The Hall–Kier alpha value is -1.60. The van der Waals surface area contributed by atoms with Gasteiger partial charge in [0.1, 0.15) is 4.90 Å². The van der Waals surface area contributed by atoms with Gasteiger partial charge in [0.15, 0.2) is 0 Å². The number of carbonyl (C=O) groups excluding carboxylic acids is 1. The number of hydrogen-bond acceptors (Lipinski definition) is 4. The summed E-state index contributed by atoms with van der Waals surface area (Å²) in [4.78, 5) is 11.6. The number of hydrogen-bond donors (Lipinski definition) is 3. The van der Waals surface area contributed by atoms with Crippen molar-refractivity contribution >= 4 is 21.6 Å². The quantitative estimate of drug-likeness (QED) is 0.670. The highest BCUT2D eigenvalue weighted by Crippen LogP contribution is 2.21. The van der Waals surface area contributed by atoms with E-state index in [2.05, 4.69) is 10.0 Å². The number of nitrogens with one attached hydrogen (secondary N) is 2. The lowest BCUT2D eigenvalue weighted by atomic mass is 10.2. The summed E-state index contributed by atoms with van der Waals surface area (Å²) in [7, 11) is -3.79. The number of anilines is 1. The van der Waals surface area contributed by atoms with Crippen LogP contribution in [0.1, 0.15) is 19.4 Å². The minimum absolute atomic E-state index is 0.0247. The third-order valence-corrected chi connectivity index (χ3v) is 4.26. The molecule has 112 valence electrons. The lowest BCUT2D eigenvalue weighted by Crippen LogP contribution is -2.38. The molecule has 1 aromatic carbocycles. The van der Waals surface area contributed by atoms with Gasteiger partial charge in [-0.05, 0) is 24.5 Å². The summed E-state index contributed by atoms with van der Waals surface area (Å²) in [6.07, 6.45) is 0. The molecule has 0 saturated heterocycles. The van der Waals surface area contributed by atoms with Gasteiger partial charge >= 0.3 is 0 Å². The molecule has 0 saturated carbocycles. The molecule has 20 heavy (non-hydrogen) atoms. The van der Waals surface area contributed by atoms with Crippen LogP contribution in [0.4, 0.5) is 5.69 Å². The molecule has 0 aromatic heterocycles. The van der Waals surface area contributed by atoms with Crippen molar-refractivity contribution in [1.82, 2.24) is 10.0 Å². The van der Waals surface area contributed by atoms with Gasteiger partial charge in [0, 0.05) is 6.54 Å². The van der Waals surface area contributed by atoms with Gasteiger partial charge in [0.2, 0.25) is 15.9 Å². The lowest BCUT2D eigenvalue weighted by Gasteiger charge is -2.12. The first-order valence-electron chi connectivity index (χ1n) is 6.35. The molecular weight excluding hydrogens is 278 g/mol. The molecule has 0 heterocycles. The number of amides is 1. The maximum absolute atomic E-state index is 12.1. The SMILES string of the molecule is Cc1cccc(N)c1S(=O)(=O)NCC(=O)NCC(C)C. The number of rotatable bonds is 6. The molecule has 1 aromatic rings. The highest BCUT2D eigenvalue weighted by Gasteiger charge is 2.20. The maximum atomic E-state index is 12.1. The Morgan fingerprint density at radius 3 is 2.55 bits per heavy atom. The minimum Gasteiger partial charge on any atom is -0.398 e. The predicted molar refractivity (Wildman–Crippen MR) is 78.6 cm³/mol. The molecule has 0 aliphatic rings. The molecule has 4 N–H and O–H groups in total. The van der Waals surface area contributed by atoms with Crippen LogP contribution in [0.2, 0.25) is 0 Å². The van der Waals surface area contributed by atoms with Crippen molar-refractivity contribution in [3.05, 3.63) is 23.8 Å². The van der Waals surface area contributed by atoms with Crippen LogP contribution in [0.5, 0.6) is 0 Å². The van der Waals surface area contributed by atoms with E-state index in [1.165, 1.54) is 6.07 Å². The fourth-order valence-corrected chi connectivity index (χ4v) is 2.99. The topological polar surface area (TPSA) is 101 Å². The highest BCUT2D eigenvalue weighted by atomic mass is 32.2. The van der Waals surface area contributed by atoms with Crippen molar-refractivity contribution in [2.45, 2.75) is 25.7 Å². The minimum atomic E-state index is -3.79. The van der Waals surface area contributed by atoms with Crippen LogP contribution in [0.15, 0.2) is 23.1 Å². The van der Waals surface area contributed by atoms with E-state index < -0.39 is 10.0 Å². The van der Waals surface area contributed by atoms with Crippen LogP contribution in [0.25, 0.3) is 0 Å². The number of nitrogens with two attached hydrogens (primary N) is 1. The van der Waals surface area contributed by atoms with Gasteiger partial charge in [-0.1, -0.05) is 26.0 Å². The van der Waals surface area contributed by atoms with Crippen molar-refractivity contribution in [3.63, 3.8) is 0 Å². The van der Waals surface area contributed by atoms with Gasteiger partial charge in [-0.3, -0.25) is 4.79 Å². The molecule has 0 bridgehead atoms. The zero-order valence-electron chi connectivity index (χ0n) is 11.9. The first kappa shape index (κ1) is 16.5. The van der Waals surface area contributed by atoms with Gasteiger partial charge in [-0.15, -0.1) is 0 Å². The van der Waals surface area contributed by atoms with Crippen LogP contribution in [-0.2, 0) is 14.8 Å². The Morgan fingerprint density at radius 1 is 1.35 bits per heavy atom. The van der Waals surface area contributed by atoms with Gasteiger partial charge < -0.3 is 11.1 Å². The molecule has 0 atom stereocenters. The summed E-state index contributed by atoms with van der Waals surface area (Å²) in [6, 6.07) is 4.85. The lowest BCUT2D eigenvalue weighted by molar-refractivity contribution is -0.120. The van der Waals surface area contributed by atoms with Crippen LogP contribution in [0, 0.1) is 12.8 Å². The Balaban J connectivity index is 2.74. The number of benzene rings is 1. The fraction of sp³-hybridized carbons (Fsp3) is 0.462. The summed E-state index contributed by atoms with van der Waals surface area (Å²) >= 11 is 0. The zero-order chi connectivity index (χ0) is 15.3. The third kappa shape index (κ3) is 4.50. The van der Waals surface area contributed by atoms with Gasteiger partial charge in [-0.2, -0.15) is 0 Å². The Kier molecular flexibility index (Phi) is 5.52. The van der Waals surface area contributed by atoms with Crippen molar-refractivity contribution < 1.29 is 13.2 Å². The Morgan fingerprint density at radius 2 is 2.00 bits per heavy atom. The van der Waals surface area contributed by atoms with Gasteiger partial charge in [0.25, 0.3) is 0 Å². The smallest absolute Gasteiger partial charge is 0.243 e. The number of sulfonamides is 1. The Bertz CT molecular complexity index is 562. The predicted octanol–water partition coefficient (Wildman–Crippen LogP) is 0.628. The second-order valence-electron chi connectivity index (χ2n) is 5.02. The van der Waals surface area contributed by atoms with E-state index >= 15 is 0 Å². The van der Waals surface area contributed by atoms with Crippen LogP contribution in [0.3, 0.4) is 0 Å². The molecule has 1 rings (SSSR count). The molecule has 0 radical (unpaired) electrons. The van der Waals surface area contributed by atoms with Crippen LogP contribution < -0.4 is 15.8 Å². The molecule has 7 heteroatoms. The highest BCUT2D eigenvalue weighted by molar-refractivity contribution is 7.89. The molecule has 0 unspecified atom stereocenters. The summed E-state index contributed by atoms with van der Waals surface area (Å²) in [6.45, 7) is 5.77. The average Bonchev–Trinajstić information content (AvgIpc) is 2.33. The standard InChI is InChI=1S/C13H21N3O3S/c1-9(2)7-15-12(17)8-16-20(18,19)13-10(3)5-4-6-11(13)14/h4-6,9,16H,7-8,14H2,1-3H3,(H,15,17). The summed E-state index contributed by atoms with van der Waals surface area (Å²) in [5.41, 5.74) is 6.40. The normalized spacial score (nSPS) is 11.6.